The summed E-state index contributed by atoms with van der Waals surface area (Å²) in [7, 11) is 0. The lowest BCUT2D eigenvalue weighted by Gasteiger charge is -2.18. The number of benzene rings is 2. The van der Waals surface area contributed by atoms with E-state index >= 15 is 0 Å². The van der Waals surface area contributed by atoms with E-state index in [0.29, 0.717) is 22.2 Å². The first-order chi connectivity index (χ1) is 14.9. The van der Waals surface area contributed by atoms with Crippen LogP contribution < -0.4 is 4.90 Å². The SMILES string of the molecule is FC(F)(F)c1cccc(-c2nc(N3CCCC3)n3ncc(-c4cccc(Cl)c4)c3n2)c1. The molecule has 0 atom stereocenters. The smallest absolute Gasteiger partial charge is 0.341 e. The fraction of sp³-hybridized carbons (Fsp3) is 0.227. The van der Waals surface area contributed by atoms with Gasteiger partial charge in [-0.1, -0.05) is 35.9 Å². The first-order valence-electron chi connectivity index (χ1n) is 9.84. The molecule has 0 unspecified atom stereocenters. The molecule has 5 nitrogen and oxygen atoms in total. The lowest BCUT2D eigenvalue weighted by atomic mass is 10.1. The fourth-order valence-electron chi connectivity index (χ4n) is 3.81. The Bertz CT molecular complexity index is 1260. The molecule has 2 aromatic heterocycles. The van der Waals surface area contributed by atoms with E-state index in [1.54, 1.807) is 28.9 Å². The van der Waals surface area contributed by atoms with Crippen molar-refractivity contribution in [2.75, 3.05) is 18.0 Å². The third-order valence-corrected chi connectivity index (χ3v) is 5.56. The molecule has 1 aliphatic rings. The lowest BCUT2D eigenvalue weighted by Crippen LogP contribution is -2.23. The van der Waals surface area contributed by atoms with Gasteiger partial charge in [-0.3, -0.25) is 0 Å². The van der Waals surface area contributed by atoms with Gasteiger partial charge in [0.2, 0.25) is 5.95 Å². The molecule has 5 rings (SSSR count). The van der Waals surface area contributed by atoms with Crippen LogP contribution in [0, 0.1) is 0 Å². The molecule has 1 saturated heterocycles. The number of nitrogens with zero attached hydrogens (tertiary/aromatic N) is 5. The minimum atomic E-state index is -4.44. The number of hydrogen-bond acceptors (Lipinski definition) is 4. The summed E-state index contributed by atoms with van der Waals surface area (Å²) in [6.45, 7) is 1.61. The monoisotopic (exact) mass is 443 g/mol. The van der Waals surface area contributed by atoms with Gasteiger partial charge in [0.05, 0.1) is 11.8 Å². The number of anilines is 1. The van der Waals surface area contributed by atoms with E-state index in [1.807, 2.05) is 12.1 Å². The maximum absolute atomic E-state index is 13.3. The summed E-state index contributed by atoms with van der Waals surface area (Å²) in [6, 6.07) is 12.4. The van der Waals surface area contributed by atoms with Crippen LogP contribution in [-0.4, -0.2) is 32.7 Å². The molecule has 9 heteroatoms. The van der Waals surface area contributed by atoms with E-state index in [4.69, 9.17) is 11.6 Å². The maximum Gasteiger partial charge on any atom is 0.416 e. The minimum Gasteiger partial charge on any atom is -0.341 e. The highest BCUT2D eigenvalue weighted by molar-refractivity contribution is 6.30. The zero-order valence-corrected chi connectivity index (χ0v) is 17.0. The molecule has 4 aromatic rings. The van der Waals surface area contributed by atoms with Gasteiger partial charge < -0.3 is 4.90 Å². The number of rotatable bonds is 3. The van der Waals surface area contributed by atoms with Crippen LogP contribution in [0.5, 0.6) is 0 Å². The van der Waals surface area contributed by atoms with Gasteiger partial charge in [-0.15, -0.1) is 0 Å². The second kappa shape index (κ2) is 7.53. The Morgan fingerprint density at radius 2 is 1.65 bits per heavy atom. The molecule has 0 N–H and O–H groups in total. The van der Waals surface area contributed by atoms with Gasteiger partial charge in [0.15, 0.2) is 11.5 Å². The Balaban J connectivity index is 1.73. The second-order valence-electron chi connectivity index (χ2n) is 7.42. The predicted molar refractivity (Wildman–Crippen MR) is 113 cm³/mol. The van der Waals surface area contributed by atoms with Gasteiger partial charge >= 0.3 is 6.18 Å². The summed E-state index contributed by atoms with van der Waals surface area (Å²) in [6.07, 6.45) is -0.717. The van der Waals surface area contributed by atoms with Gasteiger partial charge in [0.25, 0.3) is 0 Å². The van der Waals surface area contributed by atoms with Crippen molar-refractivity contribution >= 4 is 23.2 Å². The summed E-state index contributed by atoms with van der Waals surface area (Å²) in [5, 5.41) is 5.06. The molecule has 0 bridgehead atoms. The highest BCUT2D eigenvalue weighted by atomic mass is 35.5. The number of alkyl halides is 3. The van der Waals surface area contributed by atoms with Crippen molar-refractivity contribution < 1.29 is 13.2 Å². The zero-order chi connectivity index (χ0) is 21.6. The Morgan fingerprint density at radius 1 is 0.903 bits per heavy atom. The van der Waals surface area contributed by atoms with Gasteiger partial charge in [-0.05, 0) is 42.7 Å². The first-order valence-corrected chi connectivity index (χ1v) is 10.2. The summed E-state index contributed by atoms with van der Waals surface area (Å²) < 4.78 is 41.4. The molecule has 0 spiro atoms. The van der Waals surface area contributed by atoms with Crippen LogP contribution in [0.25, 0.3) is 28.2 Å². The predicted octanol–water partition coefficient (Wildman–Crippen LogP) is 5.73. The number of aromatic nitrogens is 4. The summed E-state index contributed by atoms with van der Waals surface area (Å²) in [5.41, 5.74) is 1.64. The second-order valence-corrected chi connectivity index (χ2v) is 7.86. The van der Waals surface area contributed by atoms with Crippen molar-refractivity contribution in [1.82, 2.24) is 19.6 Å². The molecule has 0 radical (unpaired) electrons. The average Bonchev–Trinajstić information content (AvgIpc) is 3.43. The van der Waals surface area contributed by atoms with E-state index in [2.05, 4.69) is 20.0 Å². The van der Waals surface area contributed by atoms with Crippen LogP contribution in [0.2, 0.25) is 5.02 Å². The molecule has 3 heterocycles. The van der Waals surface area contributed by atoms with E-state index in [9.17, 15) is 13.2 Å². The Labute approximate surface area is 181 Å². The molecular weight excluding hydrogens is 427 g/mol. The summed E-state index contributed by atoms with van der Waals surface area (Å²) in [5.74, 6) is 0.799. The molecule has 2 aromatic carbocycles. The van der Waals surface area contributed by atoms with Gasteiger partial charge in [0, 0.05) is 29.2 Å². The maximum atomic E-state index is 13.3. The van der Waals surface area contributed by atoms with E-state index in [-0.39, 0.29) is 5.82 Å². The summed E-state index contributed by atoms with van der Waals surface area (Å²) >= 11 is 6.16. The minimum absolute atomic E-state index is 0.226. The van der Waals surface area contributed by atoms with Crippen LogP contribution in [-0.2, 0) is 6.18 Å². The highest BCUT2D eigenvalue weighted by Crippen LogP contribution is 2.33. The van der Waals surface area contributed by atoms with Crippen molar-refractivity contribution in [3.05, 3.63) is 65.3 Å². The Kier molecular flexibility index (Phi) is 4.81. The third kappa shape index (κ3) is 3.72. The molecule has 31 heavy (non-hydrogen) atoms. The molecule has 158 valence electrons. The van der Waals surface area contributed by atoms with Crippen LogP contribution in [0.3, 0.4) is 0 Å². The molecule has 0 aliphatic carbocycles. The van der Waals surface area contributed by atoms with Crippen LogP contribution >= 0.6 is 11.6 Å². The molecule has 0 saturated carbocycles. The largest absolute Gasteiger partial charge is 0.416 e. The van der Waals surface area contributed by atoms with Crippen LogP contribution in [0.1, 0.15) is 18.4 Å². The van der Waals surface area contributed by atoms with E-state index in [1.165, 1.54) is 6.07 Å². The number of halogens is 4. The van der Waals surface area contributed by atoms with Crippen LogP contribution in [0.15, 0.2) is 54.7 Å². The number of fused-ring (bicyclic) bond motifs is 1. The topological polar surface area (TPSA) is 46.3 Å². The average molecular weight is 444 g/mol. The van der Waals surface area contributed by atoms with E-state index in [0.717, 1.165) is 49.2 Å². The molecular formula is C22H17ClF3N5. The normalized spacial score (nSPS) is 14.5. The van der Waals surface area contributed by atoms with Crippen molar-refractivity contribution in [3.8, 4) is 22.5 Å². The lowest BCUT2D eigenvalue weighted by molar-refractivity contribution is -0.137. The van der Waals surface area contributed by atoms with Crippen molar-refractivity contribution in [1.29, 1.82) is 0 Å². The van der Waals surface area contributed by atoms with Crippen molar-refractivity contribution in [3.63, 3.8) is 0 Å². The van der Waals surface area contributed by atoms with Gasteiger partial charge in [-0.25, -0.2) is 4.98 Å². The first kappa shape index (κ1) is 19.8. The van der Waals surface area contributed by atoms with Crippen molar-refractivity contribution in [2.45, 2.75) is 19.0 Å². The quantitative estimate of drug-likeness (QED) is 0.405. The third-order valence-electron chi connectivity index (χ3n) is 5.32. The van der Waals surface area contributed by atoms with Gasteiger partial charge in [0.1, 0.15) is 0 Å². The summed E-state index contributed by atoms with van der Waals surface area (Å²) in [4.78, 5) is 11.3. The zero-order valence-electron chi connectivity index (χ0n) is 16.3. The van der Waals surface area contributed by atoms with Crippen molar-refractivity contribution in [2.24, 2.45) is 0 Å². The standard InChI is InChI=1S/C22H17ClF3N5/c23-17-8-4-5-14(12-17)18-13-27-31-20(18)28-19(29-21(31)30-9-1-2-10-30)15-6-3-7-16(11-15)22(24,25)26/h3-8,11-13H,1-2,9-10H2. The van der Waals surface area contributed by atoms with Gasteiger partial charge in [-0.2, -0.15) is 27.8 Å². The molecule has 0 amide bonds. The van der Waals surface area contributed by atoms with E-state index < -0.39 is 11.7 Å². The number of hydrogen-bond donors (Lipinski definition) is 0. The molecule has 1 aliphatic heterocycles. The van der Waals surface area contributed by atoms with Crippen LogP contribution in [0.4, 0.5) is 19.1 Å². The Hall–Kier alpha value is -3.13. The highest BCUT2D eigenvalue weighted by Gasteiger charge is 2.31. The fourth-order valence-corrected chi connectivity index (χ4v) is 4.00. The Morgan fingerprint density at radius 3 is 2.39 bits per heavy atom. The molecule has 1 fully saturated rings.